The van der Waals surface area contributed by atoms with E-state index in [4.69, 9.17) is 0 Å². The third kappa shape index (κ3) is 7.46. The molecule has 0 saturated carbocycles. The molecule has 0 rings (SSSR count). The van der Waals surface area contributed by atoms with Crippen LogP contribution >= 0.6 is 12.6 Å². The third-order valence-corrected chi connectivity index (χ3v) is 1.54. The summed E-state index contributed by atoms with van der Waals surface area (Å²) in [5, 5.41) is 3.11. The fraction of sp³-hybridized carbons (Fsp3) is 0.625. The number of hydrogen-bond acceptors (Lipinski definition) is 2. The largest absolute Gasteiger partial charge is 0.353 e. The van der Waals surface area contributed by atoms with Crippen LogP contribution in [0.5, 0.6) is 0 Å². The van der Waals surface area contributed by atoms with Gasteiger partial charge in [0, 0.05) is 6.54 Å². The summed E-state index contributed by atoms with van der Waals surface area (Å²) in [5.74, 6) is -0.100. The molecule has 1 N–H and O–H groups in total. The highest BCUT2D eigenvalue weighted by Gasteiger charge is 1.95. The van der Waals surface area contributed by atoms with Crippen molar-refractivity contribution in [3.63, 3.8) is 0 Å². The van der Waals surface area contributed by atoms with Crippen molar-refractivity contribution in [2.45, 2.75) is 25.0 Å². The van der Waals surface area contributed by atoms with Gasteiger partial charge in [-0.3, -0.25) is 4.79 Å². The Morgan fingerprint density at radius 2 is 2.45 bits per heavy atom. The van der Waals surface area contributed by atoms with Crippen molar-refractivity contribution in [2.75, 3.05) is 6.54 Å². The molecule has 0 aromatic rings. The fourth-order valence-electron chi connectivity index (χ4n) is 0.681. The summed E-state index contributed by atoms with van der Waals surface area (Å²) in [7, 11) is 0. The number of carbonyl (C=O) groups excluding carboxylic acids is 1. The van der Waals surface area contributed by atoms with Crippen LogP contribution in [0, 0.1) is 0 Å². The molecule has 2 nitrogen and oxygen atoms in total. The smallest absolute Gasteiger partial charge is 0.243 e. The van der Waals surface area contributed by atoms with Crippen molar-refractivity contribution in [3.05, 3.63) is 12.7 Å². The van der Waals surface area contributed by atoms with Crippen LogP contribution in [0.25, 0.3) is 0 Å². The Kier molecular flexibility index (Phi) is 6.03. The average Bonchev–Trinajstić information content (AvgIpc) is 1.97. The molecule has 0 bridgehead atoms. The van der Waals surface area contributed by atoms with Crippen molar-refractivity contribution >= 4 is 18.5 Å². The first-order valence-corrected chi connectivity index (χ1v) is 4.26. The van der Waals surface area contributed by atoms with E-state index in [1.165, 1.54) is 6.08 Å². The predicted molar refractivity (Wildman–Crippen MR) is 50.9 cm³/mol. The Bertz CT molecular complexity index is 134. The number of hydrogen-bond donors (Lipinski definition) is 2. The first kappa shape index (κ1) is 10.6. The summed E-state index contributed by atoms with van der Waals surface area (Å²) in [6, 6.07) is 0. The minimum atomic E-state index is -0.100. The van der Waals surface area contributed by atoms with E-state index in [2.05, 4.69) is 24.5 Å². The summed E-state index contributed by atoms with van der Waals surface area (Å²) in [4.78, 5) is 10.6. The predicted octanol–water partition coefficient (Wildman–Crippen LogP) is 1.39. The molecule has 64 valence electrons. The van der Waals surface area contributed by atoms with Gasteiger partial charge in [-0.25, -0.2) is 0 Å². The monoisotopic (exact) mass is 173 g/mol. The third-order valence-electron chi connectivity index (χ3n) is 1.28. The Morgan fingerprint density at radius 3 is 2.91 bits per heavy atom. The summed E-state index contributed by atoms with van der Waals surface area (Å²) in [6.07, 6.45) is 3.29. The molecular formula is C8H15NOS. The molecule has 3 heteroatoms. The van der Waals surface area contributed by atoms with Gasteiger partial charge < -0.3 is 5.32 Å². The van der Waals surface area contributed by atoms with E-state index < -0.39 is 0 Å². The molecule has 0 aromatic carbocycles. The zero-order chi connectivity index (χ0) is 8.69. The Hall–Kier alpha value is -0.440. The zero-order valence-electron chi connectivity index (χ0n) is 6.84. The van der Waals surface area contributed by atoms with E-state index in [1.807, 2.05) is 6.92 Å². The SMILES string of the molecule is C=CC(=O)NCCCC(C)S. The average molecular weight is 173 g/mol. The standard InChI is InChI=1S/C8H15NOS/c1-3-8(10)9-6-4-5-7(2)11/h3,7,11H,1,4-6H2,2H3,(H,9,10). The quantitative estimate of drug-likeness (QED) is 0.367. The Balaban J connectivity index is 3.14. The van der Waals surface area contributed by atoms with Crippen LogP contribution in [0.15, 0.2) is 12.7 Å². The summed E-state index contributed by atoms with van der Waals surface area (Å²) < 4.78 is 0. The Morgan fingerprint density at radius 1 is 1.82 bits per heavy atom. The van der Waals surface area contributed by atoms with Gasteiger partial charge in [0.2, 0.25) is 5.91 Å². The van der Waals surface area contributed by atoms with Crippen molar-refractivity contribution in [2.24, 2.45) is 0 Å². The van der Waals surface area contributed by atoms with Gasteiger partial charge in [-0.05, 0) is 24.2 Å². The fourth-order valence-corrected chi connectivity index (χ4v) is 0.864. The maximum Gasteiger partial charge on any atom is 0.243 e. The molecule has 1 unspecified atom stereocenters. The number of thiol groups is 1. The molecule has 0 aliphatic rings. The number of rotatable bonds is 5. The van der Waals surface area contributed by atoms with Gasteiger partial charge in [0.25, 0.3) is 0 Å². The lowest BCUT2D eigenvalue weighted by Crippen LogP contribution is -2.22. The lowest BCUT2D eigenvalue weighted by atomic mass is 10.2. The van der Waals surface area contributed by atoms with Crippen LogP contribution in [0.3, 0.4) is 0 Å². The normalized spacial score (nSPS) is 12.2. The van der Waals surface area contributed by atoms with Crippen molar-refractivity contribution < 1.29 is 4.79 Å². The second kappa shape index (κ2) is 6.28. The molecule has 0 spiro atoms. The summed E-state index contributed by atoms with van der Waals surface area (Å²) >= 11 is 4.21. The minimum absolute atomic E-state index is 0.100. The van der Waals surface area contributed by atoms with Gasteiger partial charge in [0.1, 0.15) is 0 Å². The maximum atomic E-state index is 10.6. The lowest BCUT2D eigenvalue weighted by molar-refractivity contribution is -0.116. The molecule has 0 fully saturated rings. The van der Waals surface area contributed by atoms with E-state index in [-0.39, 0.29) is 5.91 Å². The van der Waals surface area contributed by atoms with Crippen LogP contribution in [-0.2, 0) is 4.79 Å². The van der Waals surface area contributed by atoms with Gasteiger partial charge in [-0.15, -0.1) is 0 Å². The first-order valence-electron chi connectivity index (χ1n) is 3.75. The maximum absolute atomic E-state index is 10.6. The molecule has 1 amide bonds. The van der Waals surface area contributed by atoms with Crippen molar-refractivity contribution in [3.8, 4) is 0 Å². The van der Waals surface area contributed by atoms with Gasteiger partial charge in [0.15, 0.2) is 0 Å². The van der Waals surface area contributed by atoms with E-state index in [0.29, 0.717) is 5.25 Å². The molecule has 0 saturated heterocycles. The lowest BCUT2D eigenvalue weighted by Gasteiger charge is -2.03. The first-order chi connectivity index (χ1) is 5.16. The van der Waals surface area contributed by atoms with Crippen molar-refractivity contribution in [1.29, 1.82) is 0 Å². The summed E-state index contributed by atoms with van der Waals surface area (Å²) in [6.45, 7) is 6.11. The highest BCUT2D eigenvalue weighted by Crippen LogP contribution is 2.01. The number of amides is 1. The van der Waals surface area contributed by atoms with Crippen LogP contribution in [0.2, 0.25) is 0 Å². The molecule has 0 heterocycles. The van der Waals surface area contributed by atoms with Gasteiger partial charge in [-0.2, -0.15) is 12.6 Å². The topological polar surface area (TPSA) is 29.1 Å². The Labute approximate surface area is 73.5 Å². The van der Waals surface area contributed by atoms with E-state index in [0.717, 1.165) is 19.4 Å². The van der Waals surface area contributed by atoms with Gasteiger partial charge in [0.05, 0.1) is 0 Å². The summed E-state index contributed by atoms with van der Waals surface area (Å²) in [5.41, 5.74) is 0. The molecule has 0 radical (unpaired) electrons. The van der Waals surface area contributed by atoms with Crippen LogP contribution in [-0.4, -0.2) is 17.7 Å². The zero-order valence-corrected chi connectivity index (χ0v) is 7.73. The van der Waals surface area contributed by atoms with E-state index in [9.17, 15) is 4.79 Å². The second-order valence-electron chi connectivity index (χ2n) is 2.49. The molecule has 0 aliphatic carbocycles. The minimum Gasteiger partial charge on any atom is -0.353 e. The second-order valence-corrected chi connectivity index (χ2v) is 3.37. The highest BCUT2D eigenvalue weighted by molar-refractivity contribution is 7.80. The molecule has 1 atom stereocenters. The number of nitrogens with one attached hydrogen (secondary N) is 1. The molecule has 0 aromatic heterocycles. The van der Waals surface area contributed by atoms with Crippen LogP contribution in [0.1, 0.15) is 19.8 Å². The van der Waals surface area contributed by atoms with E-state index >= 15 is 0 Å². The molecule has 11 heavy (non-hydrogen) atoms. The van der Waals surface area contributed by atoms with Crippen LogP contribution in [0.4, 0.5) is 0 Å². The van der Waals surface area contributed by atoms with E-state index in [1.54, 1.807) is 0 Å². The number of carbonyl (C=O) groups is 1. The van der Waals surface area contributed by atoms with Crippen LogP contribution < -0.4 is 5.32 Å². The molecular weight excluding hydrogens is 158 g/mol. The van der Waals surface area contributed by atoms with Gasteiger partial charge >= 0.3 is 0 Å². The molecule has 0 aliphatic heterocycles. The van der Waals surface area contributed by atoms with Crippen molar-refractivity contribution in [1.82, 2.24) is 5.32 Å². The highest BCUT2D eigenvalue weighted by atomic mass is 32.1. The van der Waals surface area contributed by atoms with Gasteiger partial charge in [-0.1, -0.05) is 13.5 Å².